The van der Waals surface area contributed by atoms with Crippen LogP contribution in [0.2, 0.25) is 20.1 Å². The minimum Gasteiger partial charge on any atom is -0.369 e. The molecule has 0 aliphatic heterocycles. The SMILES string of the molecule is N#CC1(c2c(Cl)cccc2Cl)CCC1.NC(=O)C1(c2c(Cl)cccc2Cl)CCC1. The van der Waals surface area contributed by atoms with Crippen molar-refractivity contribution >= 4 is 52.3 Å². The Balaban J connectivity index is 0.000000166. The van der Waals surface area contributed by atoms with E-state index in [0.717, 1.165) is 44.1 Å². The molecule has 0 saturated heterocycles. The molecule has 0 radical (unpaired) electrons. The average molecular weight is 470 g/mol. The molecule has 2 aromatic carbocycles. The third-order valence-electron chi connectivity index (χ3n) is 5.98. The molecule has 4 rings (SSSR count). The van der Waals surface area contributed by atoms with Crippen molar-refractivity contribution < 1.29 is 4.79 Å². The lowest BCUT2D eigenvalue weighted by Crippen LogP contribution is -2.47. The van der Waals surface area contributed by atoms with Gasteiger partial charge >= 0.3 is 0 Å². The number of nitrogens with two attached hydrogens (primary N) is 1. The summed E-state index contributed by atoms with van der Waals surface area (Å²) in [5, 5.41) is 11.4. The second-order valence-electron chi connectivity index (χ2n) is 7.54. The van der Waals surface area contributed by atoms with Crippen molar-refractivity contribution in [1.29, 1.82) is 5.26 Å². The third-order valence-corrected chi connectivity index (χ3v) is 7.24. The Bertz CT molecular complexity index is 935. The van der Waals surface area contributed by atoms with Gasteiger partial charge in [-0.1, -0.05) is 65.0 Å². The Hall–Kier alpha value is -1.44. The maximum atomic E-state index is 11.5. The van der Waals surface area contributed by atoms with Gasteiger partial charge in [0.1, 0.15) is 0 Å². The summed E-state index contributed by atoms with van der Waals surface area (Å²) in [7, 11) is 0. The van der Waals surface area contributed by atoms with Gasteiger partial charge in [0.2, 0.25) is 5.91 Å². The highest BCUT2D eigenvalue weighted by Crippen LogP contribution is 2.49. The smallest absolute Gasteiger partial charge is 0.228 e. The van der Waals surface area contributed by atoms with Gasteiger partial charge in [0.25, 0.3) is 0 Å². The van der Waals surface area contributed by atoms with Crippen LogP contribution in [-0.2, 0) is 15.6 Å². The molecule has 7 heteroatoms. The summed E-state index contributed by atoms with van der Waals surface area (Å²) in [5.74, 6) is -0.330. The molecule has 0 heterocycles. The second-order valence-corrected chi connectivity index (χ2v) is 9.17. The van der Waals surface area contributed by atoms with Crippen molar-refractivity contribution in [3.8, 4) is 6.07 Å². The first-order valence-corrected chi connectivity index (χ1v) is 10.9. The summed E-state index contributed by atoms with van der Waals surface area (Å²) < 4.78 is 0. The zero-order chi connectivity index (χ0) is 21.2. The fourth-order valence-electron chi connectivity index (χ4n) is 4.01. The molecule has 0 bridgehead atoms. The molecule has 1 amide bonds. The first-order chi connectivity index (χ1) is 13.8. The van der Waals surface area contributed by atoms with E-state index in [9.17, 15) is 10.1 Å². The Morgan fingerprint density at radius 1 is 0.828 bits per heavy atom. The number of carbonyl (C=O) groups excluding carboxylic acids is 1. The van der Waals surface area contributed by atoms with Crippen molar-refractivity contribution in [2.45, 2.75) is 49.4 Å². The highest BCUT2D eigenvalue weighted by molar-refractivity contribution is 6.37. The van der Waals surface area contributed by atoms with Crippen LogP contribution in [-0.4, -0.2) is 5.91 Å². The molecule has 2 N–H and O–H groups in total. The summed E-state index contributed by atoms with van der Waals surface area (Å²) in [6.45, 7) is 0. The van der Waals surface area contributed by atoms with E-state index in [1.807, 2.05) is 0 Å². The molecule has 3 nitrogen and oxygen atoms in total. The molecule has 152 valence electrons. The Morgan fingerprint density at radius 3 is 1.52 bits per heavy atom. The lowest BCUT2D eigenvalue weighted by molar-refractivity contribution is -0.126. The van der Waals surface area contributed by atoms with E-state index in [1.54, 1.807) is 36.4 Å². The Kier molecular flexibility index (Phi) is 6.70. The van der Waals surface area contributed by atoms with Gasteiger partial charge in [0, 0.05) is 31.2 Å². The zero-order valence-electron chi connectivity index (χ0n) is 15.7. The van der Waals surface area contributed by atoms with Crippen LogP contribution < -0.4 is 5.73 Å². The maximum absolute atomic E-state index is 11.5. The highest BCUT2D eigenvalue weighted by atomic mass is 35.5. The third kappa shape index (κ3) is 3.97. The van der Waals surface area contributed by atoms with Gasteiger partial charge in [-0.05, 0) is 56.4 Å². The number of nitrogens with zero attached hydrogens (tertiary/aromatic N) is 1. The van der Waals surface area contributed by atoms with Gasteiger partial charge < -0.3 is 5.73 Å². The number of nitriles is 1. The molecular weight excluding hydrogens is 450 g/mol. The van der Waals surface area contributed by atoms with E-state index in [-0.39, 0.29) is 5.91 Å². The van der Waals surface area contributed by atoms with Gasteiger partial charge in [-0.2, -0.15) is 5.26 Å². The van der Waals surface area contributed by atoms with Crippen molar-refractivity contribution in [1.82, 2.24) is 0 Å². The standard InChI is InChI=1S/C11H11Cl2NO.C11H9Cl2N/c12-7-3-1-4-8(13)9(7)11(10(14)15)5-2-6-11;12-8-3-1-4-9(13)10(8)11(7-14)5-2-6-11/h1,3-4H,2,5-6H2,(H2,14,15);1,3-4H,2,5-6H2. The molecule has 2 aliphatic carbocycles. The van der Waals surface area contributed by atoms with Crippen molar-refractivity contribution in [2.24, 2.45) is 5.73 Å². The first kappa shape index (κ1) is 22.2. The van der Waals surface area contributed by atoms with Crippen LogP contribution in [0.4, 0.5) is 0 Å². The van der Waals surface area contributed by atoms with Crippen LogP contribution in [0.5, 0.6) is 0 Å². The monoisotopic (exact) mass is 468 g/mol. The summed E-state index contributed by atoms with van der Waals surface area (Å²) in [5.41, 5.74) is 5.91. The van der Waals surface area contributed by atoms with Gasteiger partial charge in [0.15, 0.2) is 0 Å². The molecule has 0 spiro atoms. The van der Waals surface area contributed by atoms with Crippen LogP contribution in [0.15, 0.2) is 36.4 Å². The summed E-state index contributed by atoms with van der Waals surface area (Å²) in [6.07, 6.45) is 5.29. The van der Waals surface area contributed by atoms with E-state index >= 15 is 0 Å². The van der Waals surface area contributed by atoms with Crippen LogP contribution >= 0.6 is 46.4 Å². The summed E-state index contributed by atoms with van der Waals surface area (Å²) >= 11 is 24.3. The van der Waals surface area contributed by atoms with E-state index in [1.165, 1.54) is 0 Å². The number of halogens is 4. The molecule has 0 aromatic heterocycles. The van der Waals surface area contributed by atoms with Gasteiger partial charge in [-0.25, -0.2) is 0 Å². The maximum Gasteiger partial charge on any atom is 0.228 e. The van der Waals surface area contributed by atoms with Crippen LogP contribution in [0, 0.1) is 11.3 Å². The molecular formula is C22H20Cl4N2O. The van der Waals surface area contributed by atoms with E-state index in [2.05, 4.69) is 6.07 Å². The zero-order valence-corrected chi connectivity index (χ0v) is 18.7. The number of rotatable bonds is 3. The minimum atomic E-state index is -0.630. The van der Waals surface area contributed by atoms with Crippen molar-refractivity contribution in [3.05, 3.63) is 67.6 Å². The Morgan fingerprint density at radius 2 is 1.24 bits per heavy atom. The average Bonchev–Trinajstić information content (AvgIpc) is 2.59. The summed E-state index contributed by atoms with van der Waals surface area (Å²) in [4.78, 5) is 11.5. The largest absolute Gasteiger partial charge is 0.369 e. The fourth-order valence-corrected chi connectivity index (χ4v) is 5.53. The van der Waals surface area contributed by atoms with E-state index < -0.39 is 10.8 Å². The van der Waals surface area contributed by atoms with Gasteiger partial charge in [0.05, 0.1) is 16.9 Å². The van der Waals surface area contributed by atoms with Crippen molar-refractivity contribution in [2.75, 3.05) is 0 Å². The number of primary amides is 1. The lowest BCUT2D eigenvalue weighted by atomic mass is 9.64. The molecule has 2 saturated carbocycles. The lowest BCUT2D eigenvalue weighted by Gasteiger charge is -2.40. The molecule has 2 fully saturated rings. The number of benzene rings is 2. The molecule has 2 aromatic rings. The van der Waals surface area contributed by atoms with Crippen LogP contribution in [0.1, 0.15) is 49.7 Å². The normalized spacial score (nSPS) is 18.3. The fraction of sp³-hybridized carbons (Fsp3) is 0.364. The predicted octanol–water partition coefficient (Wildman–Crippen LogP) is 6.84. The summed E-state index contributed by atoms with van der Waals surface area (Å²) in [6, 6.07) is 13.0. The number of carbonyl (C=O) groups is 1. The Labute approximate surface area is 190 Å². The van der Waals surface area contributed by atoms with Crippen LogP contribution in [0.25, 0.3) is 0 Å². The number of hydrogen-bond acceptors (Lipinski definition) is 2. The molecule has 29 heavy (non-hydrogen) atoms. The first-order valence-electron chi connectivity index (χ1n) is 9.37. The van der Waals surface area contributed by atoms with Crippen molar-refractivity contribution in [3.63, 3.8) is 0 Å². The van der Waals surface area contributed by atoms with E-state index in [4.69, 9.17) is 52.1 Å². The highest BCUT2D eigenvalue weighted by Gasteiger charge is 2.46. The predicted molar refractivity (Wildman–Crippen MR) is 119 cm³/mol. The number of hydrogen-bond donors (Lipinski definition) is 1. The number of amides is 1. The van der Waals surface area contributed by atoms with Gasteiger partial charge in [-0.3, -0.25) is 4.79 Å². The molecule has 0 unspecified atom stereocenters. The van der Waals surface area contributed by atoms with Gasteiger partial charge in [-0.15, -0.1) is 0 Å². The topological polar surface area (TPSA) is 66.9 Å². The minimum absolute atomic E-state index is 0.330. The molecule has 2 aliphatic rings. The molecule has 0 atom stereocenters. The quantitative estimate of drug-likeness (QED) is 0.534. The van der Waals surface area contributed by atoms with Crippen LogP contribution in [0.3, 0.4) is 0 Å². The van der Waals surface area contributed by atoms with E-state index in [0.29, 0.717) is 25.7 Å². The second kappa shape index (κ2) is 8.74.